The summed E-state index contributed by atoms with van der Waals surface area (Å²) in [4.78, 5) is 22.6. The van der Waals surface area contributed by atoms with Crippen molar-refractivity contribution in [1.29, 1.82) is 0 Å². The van der Waals surface area contributed by atoms with Crippen molar-refractivity contribution in [2.45, 2.75) is 33.3 Å². The van der Waals surface area contributed by atoms with Crippen LogP contribution in [0.15, 0.2) is 18.2 Å². The summed E-state index contributed by atoms with van der Waals surface area (Å²) in [5.74, 6) is -1.73. The fourth-order valence-electron chi connectivity index (χ4n) is 1.23. The molecule has 0 N–H and O–H groups in total. The Hall–Kier alpha value is -1.71. The normalized spacial score (nSPS) is 11.1. The number of ketones is 1. The molecule has 1 rings (SSSR count). The summed E-state index contributed by atoms with van der Waals surface area (Å²) in [5.41, 5.74) is -0.609. The van der Waals surface area contributed by atoms with Crippen LogP contribution in [-0.2, 0) is 4.74 Å². The van der Waals surface area contributed by atoms with E-state index in [4.69, 9.17) is 4.74 Å². The Morgan fingerprint density at radius 1 is 1.24 bits per heavy atom. The molecule has 0 bridgehead atoms. The fourth-order valence-corrected chi connectivity index (χ4v) is 1.23. The number of ether oxygens (including phenoxy) is 1. The van der Waals surface area contributed by atoms with E-state index in [1.165, 1.54) is 19.1 Å². The molecule has 0 aliphatic heterocycles. The Balaban J connectivity index is 3.00. The molecule has 0 unspecified atom stereocenters. The van der Waals surface area contributed by atoms with Crippen LogP contribution in [0.4, 0.5) is 4.39 Å². The Morgan fingerprint density at radius 2 is 1.82 bits per heavy atom. The number of hydrogen-bond donors (Lipinski definition) is 0. The average molecular weight is 238 g/mol. The Bertz CT molecular complexity index is 458. The van der Waals surface area contributed by atoms with E-state index in [0.717, 1.165) is 6.07 Å². The SMILES string of the molecule is CC(=O)c1ccc(C(=O)OC(C)(C)C)c(F)c1. The summed E-state index contributed by atoms with van der Waals surface area (Å²) in [5, 5.41) is 0. The first kappa shape index (κ1) is 13.4. The van der Waals surface area contributed by atoms with Gasteiger partial charge in [0.15, 0.2) is 5.78 Å². The maximum absolute atomic E-state index is 13.6. The summed E-state index contributed by atoms with van der Waals surface area (Å²) in [6, 6.07) is 3.71. The van der Waals surface area contributed by atoms with Crippen molar-refractivity contribution in [3.63, 3.8) is 0 Å². The molecule has 0 fully saturated rings. The topological polar surface area (TPSA) is 43.4 Å². The van der Waals surface area contributed by atoms with E-state index >= 15 is 0 Å². The van der Waals surface area contributed by atoms with Crippen LogP contribution in [0.25, 0.3) is 0 Å². The van der Waals surface area contributed by atoms with Crippen LogP contribution >= 0.6 is 0 Å². The molecular formula is C13H15FO3. The molecule has 0 spiro atoms. The lowest BCUT2D eigenvalue weighted by Crippen LogP contribution is -2.24. The molecule has 4 heteroatoms. The van der Waals surface area contributed by atoms with Gasteiger partial charge in [0, 0.05) is 5.56 Å². The molecule has 17 heavy (non-hydrogen) atoms. The van der Waals surface area contributed by atoms with E-state index in [0.29, 0.717) is 0 Å². The molecule has 1 aromatic rings. The van der Waals surface area contributed by atoms with Gasteiger partial charge in [-0.05, 0) is 39.8 Å². The van der Waals surface area contributed by atoms with E-state index in [9.17, 15) is 14.0 Å². The molecule has 0 aromatic heterocycles. The third kappa shape index (κ3) is 3.66. The minimum Gasteiger partial charge on any atom is -0.456 e. The van der Waals surface area contributed by atoms with Crippen molar-refractivity contribution in [1.82, 2.24) is 0 Å². The highest BCUT2D eigenvalue weighted by atomic mass is 19.1. The molecule has 0 aliphatic carbocycles. The monoisotopic (exact) mass is 238 g/mol. The number of halogens is 1. The second-order valence-electron chi connectivity index (χ2n) is 4.75. The molecule has 0 atom stereocenters. The number of Topliss-reactive ketones (excluding diaryl/α,β-unsaturated/α-hetero) is 1. The largest absolute Gasteiger partial charge is 0.456 e. The lowest BCUT2D eigenvalue weighted by Gasteiger charge is -2.19. The van der Waals surface area contributed by atoms with Crippen molar-refractivity contribution in [3.8, 4) is 0 Å². The summed E-state index contributed by atoms with van der Waals surface area (Å²) in [6.07, 6.45) is 0. The van der Waals surface area contributed by atoms with Gasteiger partial charge >= 0.3 is 5.97 Å². The van der Waals surface area contributed by atoms with Crippen molar-refractivity contribution < 1.29 is 18.7 Å². The van der Waals surface area contributed by atoms with Crippen LogP contribution < -0.4 is 0 Å². The number of hydrogen-bond acceptors (Lipinski definition) is 3. The van der Waals surface area contributed by atoms with Gasteiger partial charge in [0.2, 0.25) is 0 Å². The highest BCUT2D eigenvalue weighted by Crippen LogP contribution is 2.16. The second kappa shape index (κ2) is 4.65. The highest BCUT2D eigenvalue weighted by molar-refractivity contribution is 5.96. The van der Waals surface area contributed by atoms with E-state index in [-0.39, 0.29) is 16.9 Å². The zero-order valence-electron chi connectivity index (χ0n) is 10.3. The van der Waals surface area contributed by atoms with Crippen LogP contribution in [0.3, 0.4) is 0 Å². The van der Waals surface area contributed by atoms with Gasteiger partial charge in [0.05, 0.1) is 5.56 Å². The highest BCUT2D eigenvalue weighted by Gasteiger charge is 2.21. The average Bonchev–Trinajstić information content (AvgIpc) is 2.14. The summed E-state index contributed by atoms with van der Waals surface area (Å²) in [6.45, 7) is 6.44. The fraction of sp³-hybridized carbons (Fsp3) is 0.385. The quantitative estimate of drug-likeness (QED) is 0.587. The lowest BCUT2D eigenvalue weighted by molar-refractivity contribution is 0.00645. The van der Waals surface area contributed by atoms with E-state index in [1.807, 2.05) is 0 Å². The van der Waals surface area contributed by atoms with Crippen LogP contribution in [0.5, 0.6) is 0 Å². The van der Waals surface area contributed by atoms with Gasteiger partial charge in [-0.15, -0.1) is 0 Å². The number of benzene rings is 1. The third-order valence-electron chi connectivity index (χ3n) is 1.99. The second-order valence-corrected chi connectivity index (χ2v) is 4.75. The summed E-state index contributed by atoms with van der Waals surface area (Å²) >= 11 is 0. The predicted molar refractivity (Wildman–Crippen MR) is 61.6 cm³/mol. The maximum atomic E-state index is 13.6. The Morgan fingerprint density at radius 3 is 2.24 bits per heavy atom. The minimum atomic E-state index is -0.744. The van der Waals surface area contributed by atoms with Gasteiger partial charge in [0.1, 0.15) is 11.4 Å². The number of carbonyl (C=O) groups is 2. The molecule has 0 saturated heterocycles. The van der Waals surface area contributed by atoms with E-state index in [1.54, 1.807) is 20.8 Å². The third-order valence-corrected chi connectivity index (χ3v) is 1.99. The van der Waals surface area contributed by atoms with E-state index in [2.05, 4.69) is 0 Å². The van der Waals surface area contributed by atoms with E-state index < -0.39 is 17.4 Å². The minimum absolute atomic E-state index is 0.162. The van der Waals surface area contributed by atoms with Crippen molar-refractivity contribution in [2.24, 2.45) is 0 Å². The summed E-state index contributed by atoms with van der Waals surface area (Å²) < 4.78 is 18.6. The van der Waals surface area contributed by atoms with Gasteiger partial charge in [-0.1, -0.05) is 6.07 Å². The molecule has 3 nitrogen and oxygen atoms in total. The van der Waals surface area contributed by atoms with Gasteiger partial charge in [0.25, 0.3) is 0 Å². The van der Waals surface area contributed by atoms with Crippen molar-refractivity contribution in [2.75, 3.05) is 0 Å². The van der Waals surface area contributed by atoms with Crippen LogP contribution in [0.2, 0.25) is 0 Å². The van der Waals surface area contributed by atoms with Crippen molar-refractivity contribution >= 4 is 11.8 Å². The molecule has 1 aromatic carbocycles. The first-order valence-corrected chi connectivity index (χ1v) is 5.24. The van der Waals surface area contributed by atoms with Gasteiger partial charge in [-0.2, -0.15) is 0 Å². The number of carbonyl (C=O) groups excluding carboxylic acids is 2. The van der Waals surface area contributed by atoms with Gasteiger partial charge < -0.3 is 4.74 Å². The molecule has 0 saturated carbocycles. The Labute approximate surface area is 99.6 Å². The molecule has 0 amide bonds. The van der Waals surface area contributed by atoms with Crippen LogP contribution in [0, 0.1) is 5.82 Å². The van der Waals surface area contributed by atoms with Gasteiger partial charge in [-0.3, -0.25) is 4.79 Å². The van der Waals surface area contributed by atoms with Crippen LogP contribution in [0.1, 0.15) is 48.4 Å². The van der Waals surface area contributed by atoms with Crippen LogP contribution in [-0.4, -0.2) is 17.4 Å². The standard InChI is InChI=1S/C13H15FO3/c1-8(15)9-5-6-10(11(14)7-9)12(16)17-13(2,3)4/h5-7H,1-4H3. The zero-order valence-corrected chi connectivity index (χ0v) is 10.3. The smallest absolute Gasteiger partial charge is 0.341 e. The zero-order chi connectivity index (χ0) is 13.2. The molecule has 92 valence electrons. The lowest BCUT2D eigenvalue weighted by atomic mass is 10.1. The molecular weight excluding hydrogens is 223 g/mol. The number of esters is 1. The Kier molecular flexibility index (Phi) is 3.66. The predicted octanol–water partition coefficient (Wildman–Crippen LogP) is 2.98. The van der Waals surface area contributed by atoms with Crippen molar-refractivity contribution in [3.05, 3.63) is 35.1 Å². The first-order valence-electron chi connectivity index (χ1n) is 5.24. The first-order chi connectivity index (χ1) is 7.70. The summed E-state index contributed by atoms with van der Waals surface area (Å²) in [7, 11) is 0. The van der Waals surface area contributed by atoms with Gasteiger partial charge in [-0.25, -0.2) is 9.18 Å². The molecule has 0 radical (unpaired) electrons. The maximum Gasteiger partial charge on any atom is 0.341 e. The number of rotatable bonds is 2. The molecule has 0 aliphatic rings. The molecule has 0 heterocycles.